The summed E-state index contributed by atoms with van der Waals surface area (Å²) in [5.74, 6) is -1.16. The molecule has 0 unspecified atom stereocenters. The zero-order valence-electron chi connectivity index (χ0n) is 9.58. The summed E-state index contributed by atoms with van der Waals surface area (Å²) < 4.78 is 13.6. The molecular formula is C13H9Cl2FN2O. The molecule has 0 aliphatic carbocycles. The van der Waals surface area contributed by atoms with Gasteiger partial charge in [0, 0.05) is 10.7 Å². The van der Waals surface area contributed by atoms with E-state index in [1.165, 1.54) is 24.3 Å². The Hall–Kier alpha value is -1.78. The Morgan fingerprint density at radius 2 is 1.89 bits per heavy atom. The molecular weight excluding hydrogens is 290 g/mol. The van der Waals surface area contributed by atoms with Crippen molar-refractivity contribution < 1.29 is 9.18 Å². The average Bonchev–Trinajstić information content (AvgIpc) is 2.35. The number of benzene rings is 2. The highest BCUT2D eigenvalue weighted by Crippen LogP contribution is 2.23. The molecule has 0 heterocycles. The predicted octanol–water partition coefficient (Wildman–Crippen LogP) is 3.97. The third-order valence-corrected chi connectivity index (χ3v) is 2.98. The van der Waals surface area contributed by atoms with E-state index in [4.69, 9.17) is 28.9 Å². The second-order valence-electron chi connectivity index (χ2n) is 3.82. The standard InChI is InChI=1S/C13H9Cl2FN2O/c14-7-1-3-10(15)9(5-7)13(19)18-12-4-2-8(17)6-11(12)16/h1-6H,17H2,(H,18,19). The summed E-state index contributed by atoms with van der Waals surface area (Å²) in [7, 11) is 0. The molecule has 0 radical (unpaired) electrons. The van der Waals surface area contributed by atoms with Crippen molar-refractivity contribution >= 4 is 40.5 Å². The Labute approximate surface area is 119 Å². The zero-order chi connectivity index (χ0) is 14.0. The number of hydrogen-bond donors (Lipinski definition) is 2. The maximum atomic E-state index is 13.6. The van der Waals surface area contributed by atoms with Crippen LogP contribution in [-0.4, -0.2) is 5.91 Å². The lowest BCUT2D eigenvalue weighted by molar-refractivity contribution is 0.102. The van der Waals surface area contributed by atoms with Crippen LogP contribution >= 0.6 is 23.2 Å². The molecule has 0 spiro atoms. The van der Waals surface area contributed by atoms with E-state index in [2.05, 4.69) is 5.32 Å². The predicted molar refractivity (Wildman–Crippen MR) is 75.2 cm³/mol. The number of carbonyl (C=O) groups excluding carboxylic acids is 1. The first kappa shape index (κ1) is 13.6. The van der Waals surface area contributed by atoms with Crippen molar-refractivity contribution in [3.63, 3.8) is 0 Å². The van der Waals surface area contributed by atoms with Crippen molar-refractivity contribution in [2.45, 2.75) is 0 Å². The van der Waals surface area contributed by atoms with Gasteiger partial charge in [0.25, 0.3) is 5.91 Å². The SMILES string of the molecule is Nc1ccc(NC(=O)c2cc(Cl)ccc2Cl)c(F)c1. The lowest BCUT2D eigenvalue weighted by Crippen LogP contribution is -2.13. The van der Waals surface area contributed by atoms with Gasteiger partial charge >= 0.3 is 0 Å². The molecule has 3 N–H and O–H groups in total. The van der Waals surface area contributed by atoms with Crippen LogP contribution in [0.25, 0.3) is 0 Å². The number of carbonyl (C=O) groups is 1. The van der Waals surface area contributed by atoms with Gasteiger partial charge < -0.3 is 11.1 Å². The molecule has 2 aromatic rings. The summed E-state index contributed by atoms with van der Waals surface area (Å²) in [4.78, 5) is 12.0. The highest BCUT2D eigenvalue weighted by molar-refractivity contribution is 6.36. The van der Waals surface area contributed by atoms with Crippen molar-refractivity contribution in [1.82, 2.24) is 0 Å². The number of nitrogens with one attached hydrogen (secondary N) is 1. The van der Waals surface area contributed by atoms with E-state index in [0.717, 1.165) is 6.07 Å². The van der Waals surface area contributed by atoms with Crippen LogP contribution in [0.2, 0.25) is 10.0 Å². The monoisotopic (exact) mass is 298 g/mol. The Kier molecular flexibility index (Phi) is 3.93. The normalized spacial score (nSPS) is 10.3. The van der Waals surface area contributed by atoms with Crippen molar-refractivity contribution in [3.8, 4) is 0 Å². The highest BCUT2D eigenvalue weighted by atomic mass is 35.5. The number of halogens is 3. The molecule has 0 atom stereocenters. The van der Waals surface area contributed by atoms with E-state index in [9.17, 15) is 9.18 Å². The van der Waals surface area contributed by atoms with Crippen molar-refractivity contribution in [1.29, 1.82) is 0 Å². The Balaban J connectivity index is 2.28. The van der Waals surface area contributed by atoms with Crippen molar-refractivity contribution in [2.75, 3.05) is 11.1 Å². The number of anilines is 2. The number of rotatable bonds is 2. The van der Waals surface area contributed by atoms with E-state index in [0.29, 0.717) is 5.02 Å². The average molecular weight is 299 g/mol. The molecule has 3 nitrogen and oxygen atoms in total. The van der Waals surface area contributed by atoms with E-state index in [-0.39, 0.29) is 22.0 Å². The van der Waals surface area contributed by atoms with Gasteiger partial charge in [-0.25, -0.2) is 4.39 Å². The first-order valence-electron chi connectivity index (χ1n) is 5.29. The van der Waals surface area contributed by atoms with Gasteiger partial charge in [0.05, 0.1) is 16.3 Å². The quantitative estimate of drug-likeness (QED) is 0.824. The molecule has 0 fully saturated rings. The van der Waals surface area contributed by atoms with Crippen LogP contribution in [0.5, 0.6) is 0 Å². The maximum Gasteiger partial charge on any atom is 0.257 e. The molecule has 19 heavy (non-hydrogen) atoms. The van der Waals surface area contributed by atoms with Crippen LogP contribution < -0.4 is 11.1 Å². The molecule has 98 valence electrons. The minimum atomic E-state index is -0.619. The van der Waals surface area contributed by atoms with Gasteiger partial charge in [-0.15, -0.1) is 0 Å². The largest absolute Gasteiger partial charge is 0.399 e. The fourth-order valence-electron chi connectivity index (χ4n) is 1.49. The summed E-state index contributed by atoms with van der Waals surface area (Å²) in [6.45, 7) is 0. The van der Waals surface area contributed by atoms with Crippen LogP contribution in [0.3, 0.4) is 0 Å². The fourth-order valence-corrected chi connectivity index (χ4v) is 1.87. The minimum Gasteiger partial charge on any atom is -0.399 e. The second-order valence-corrected chi connectivity index (χ2v) is 4.66. The van der Waals surface area contributed by atoms with Gasteiger partial charge in [-0.2, -0.15) is 0 Å². The van der Waals surface area contributed by atoms with Crippen molar-refractivity contribution in [3.05, 3.63) is 57.8 Å². The zero-order valence-corrected chi connectivity index (χ0v) is 11.1. The van der Waals surface area contributed by atoms with Crippen molar-refractivity contribution in [2.24, 2.45) is 0 Å². The maximum absolute atomic E-state index is 13.6. The number of nitrogen functional groups attached to an aromatic ring is 1. The topological polar surface area (TPSA) is 55.1 Å². The van der Waals surface area contributed by atoms with Gasteiger partial charge in [0.1, 0.15) is 5.82 Å². The van der Waals surface area contributed by atoms with Gasteiger partial charge in [-0.05, 0) is 36.4 Å². The minimum absolute atomic E-state index is 0.0234. The summed E-state index contributed by atoms with van der Waals surface area (Å²) in [6.07, 6.45) is 0. The lowest BCUT2D eigenvalue weighted by Gasteiger charge is -2.08. The van der Waals surface area contributed by atoms with Gasteiger partial charge in [0.2, 0.25) is 0 Å². The fraction of sp³-hybridized carbons (Fsp3) is 0. The summed E-state index contributed by atoms with van der Waals surface area (Å²) in [6, 6.07) is 8.45. The van der Waals surface area contributed by atoms with Gasteiger partial charge in [-0.3, -0.25) is 4.79 Å². The number of nitrogens with two attached hydrogens (primary N) is 1. The van der Waals surface area contributed by atoms with Crippen LogP contribution in [0, 0.1) is 5.82 Å². The summed E-state index contributed by atoms with van der Waals surface area (Å²) >= 11 is 11.7. The molecule has 0 aliphatic heterocycles. The van der Waals surface area contributed by atoms with Crippen LogP contribution in [0.15, 0.2) is 36.4 Å². The van der Waals surface area contributed by atoms with Gasteiger partial charge in [-0.1, -0.05) is 23.2 Å². The van der Waals surface area contributed by atoms with Crippen LogP contribution in [0.1, 0.15) is 10.4 Å². The third kappa shape index (κ3) is 3.16. The number of amides is 1. The third-order valence-electron chi connectivity index (χ3n) is 2.41. The lowest BCUT2D eigenvalue weighted by atomic mass is 10.2. The summed E-state index contributed by atoms with van der Waals surface area (Å²) in [5.41, 5.74) is 5.89. The Morgan fingerprint density at radius 3 is 2.58 bits per heavy atom. The molecule has 0 saturated carbocycles. The van der Waals surface area contributed by atoms with E-state index >= 15 is 0 Å². The second kappa shape index (κ2) is 5.47. The molecule has 0 saturated heterocycles. The molecule has 2 rings (SSSR count). The molecule has 1 amide bonds. The van der Waals surface area contributed by atoms with Crippen LogP contribution in [-0.2, 0) is 0 Å². The van der Waals surface area contributed by atoms with E-state index < -0.39 is 11.7 Å². The molecule has 6 heteroatoms. The van der Waals surface area contributed by atoms with E-state index in [1.807, 2.05) is 0 Å². The van der Waals surface area contributed by atoms with Crippen LogP contribution in [0.4, 0.5) is 15.8 Å². The smallest absolute Gasteiger partial charge is 0.257 e. The molecule has 2 aromatic carbocycles. The Bertz CT molecular complexity index is 647. The van der Waals surface area contributed by atoms with Gasteiger partial charge in [0.15, 0.2) is 0 Å². The highest BCUT2D eigenvalue weighted by Gasteiger charge is 2.13. The molecule has 0 bridgehead atoms. The first-order valence-corrected chi connectivity index (χ1v) is 6.04. The Morgan fingerprint density at radius 1 is 1.16 bits per heavy atom. The number of hydrogen-bond acceptors (Lipinski definition) is 2. The molecule has 0 aromatic heterocycles. The first-order chi connectivity index (χ1) is 8.97. The summed E-state index contributed by atoms with van der Waals surface area (Å²) in [5, 5.41) is 3.01. The van der Waals surface area contributed by atoms with E-state index in [1.54, 1.807) is 6.07 Å². The molecule has 0 aliphatic rings.